The van der Waals surface area contributed by atoms with Crippen LogP contribution in [0.1, 0.15) is 24.2 Å². The lowest BCUT2D eigenvalue weighted by atomic mass is 9.80. The number of benzene rings is 1. The number of rotatable bonds is 2. The standard InChI is InChI=1S/C16H18F3NO4/c1-14(2)22-9-15(10-23-14)7-20(8-15)13(21)11-3-5-12(6-4-11)24-16(17,18)19/h3-6H,7-10H2,1-2H3. The molecule has 1 amide bonds. The number of hydrogen-bond acceptors (Lipinski definition) is 4. The van der Waals surface area contributed by atoms with E-state index in [1.54, 1.807) is 4.90 Å². The molecular weight excluding hydrogens is 327 g/mol. The lowest BCUT2D eigenvalue weighted by Crippen LogP contribution is -2.65. The van der Waals surface area contributed by atoms with Crippen LogP contribution in [-0.4, -0.2) is 49.3 Å². The zero-order chi connectivity index (χ0) is 17.6. The van der Waals surface area contributed by atoms with Crippen molar-refractivity contribution in [3.05, 3.63) is 29.8 Å². The van der Waals surface area contributed by atoms with E-state index in [-0.39, 0.29) is 17.1 Å². The summed E-state index contributed by atoms with van der Waals surface area (Å²) in [5, 5.41) is 0. The summed E-state index contributed by atoms with van der Waals surface area (Å²) in [4.78, 5) is 14.0. The van der Waals surface area contributed by atoms with E-state index in [2.05, 4.69) is 4.74 Å². The van der Waals surface area contributed by atoms with Gasteiger partial charge in [0.2, 0.25) is 0 Å². The minimum atomic E-state index is -4.75. The fourth-order valence-electron chi connectivity index (χ4n) is 2.81. The summed E-state index contributed by atoms with van der Waals surface area (Å²) >= 11 is 0. The van der Waals surface area contributed by atoms with Gasteiger partial charge in [0, 0.05) is 18.7 Å². The van der Waals surface area contributed by atoms with Crippen molar-refractivity contribution < 1.29 is 32.2 Å². The Hall–Kier alpha value is -1.80. The van der Waals surface area contributed by atoms with Crippen LogP contribution >= 0.6 is 0 Å². The first-order valence-electron chi connectivity index (χ1n) is 7.51. The van der Waals surface area contributed by atoms with E-state index < -0.39 is 12.1 Å². The van der Waals surface area contributed by atoms with E-state index in [0.717, 1.165) is 12.1 Å². The second-order valence-electron chi connectivity index (χ2n) is 6.71. The zero-order valence-electron chi connectivity index (χ0n) is 13.4. The predicted molar refractivity (Wildman–Crippen MR) is 77.4 cm³/mol. The van der Waals surface area contributed by atoms with Gasteiger partial charge in [0.1, 0.15) is 5.75 Å². The highest BCUT2D eigenvalue weighted by Crippen LogP contribution is 2.38. The second-order valence-corrected chi connectivity index (χ2v) is 6.71. The van der Waals surface area contributed by atoms with Crippen LogP contribution < -0.4 is 4.74 Å². The molecule has 0 atom stereocenters. The third-order valence-electron chi connectivity index (χ3n) is 4.13. The van der Waals surface area contributed by atoms with Crippen molar-refractivity contribution in [3.63, 3.8) is 0 Å². The summed E-state index contributed by atoms with van der Waals surface area (Å²) in [5.41, 5.74) is 0.127. The highest BCUT2D eigenvalue weighted by Gasteiger charge is 2.50. The van der Waals surface area contributed by atoms with Crippen LogP contribution in [-0.2, 0) is 9.47 Å². The van der Waals surface area contributed by atoms with Gasteiger partial charge >= 0.3 is 6.36 Å². The Bertz CT molecular complexity index is 609. The molecule has 2 heterocycles. The molecule has 0 N–H and O–H groups in total. The second kappa shape index (κ2) is 5.63. The number of halogens is 3. The van der Waals surface area contributed by atoms with Gasteiger partial charge in [-0.3, -0.25) is 4.79 Å². The van der Waals surface area contributed by atoms with Crippen LogP contribution in [0.5, 0.6) is 5.75 Å². The van der Waals surface area contributed by atoms with Crippen molar-refractivity contribution in [2.24, 2.45) is 5.41 Å². The molecule has 2 saturated heterocycles. The zero-order valence-corrected chi connectivity index (χ0v) is 13.4. The number of alkyl halides is 3. The number of carbonyl (C=O) groups is 1. The van der Waals surface area contributed by atoms with E-state index in [4.69, 9.17) is 9.47 Å². The first-order valence-corrected chi connectivity index (χ1v) is 7.51. The van der Waals surface area contributed by atoms with Crippen LogP contribution in [0.15, 0.2) is 24.3 Å². The van der Waals surface area contributed by atoms with E-state index in [0.29, 0.717) is 31.9 Å². The molecule has 1 spiro atoms. The molecule has 132 valence electrons. The van der Waals surface area contributed by atoms with E-state index in [1.807, 2.05) is 13.8 Å². The third kappa shape index (κ3) is 3.64. The highest BCUT2D eigenvalue weighted by molar-refractivity contribution is 5.95. The van der Waals surface area contributed by atoms with Gasteiger partial charge in [0.05, 0.1) is 18.6 Å². The van der Waals surface area contributed by atoms with Gasteiger partial charge < -0.3 is 19.1 Å². The van der Waals surface area contributed by atoms with Gasteiger partial charge in [-0.05, 0) is 38.1 Å². The first kappa shape index (κ1) is 17.0. The summed E-state index contributed by atoms with van der Waals surface area (Å²) < 4.78 is 51.4. The quantitative estimate of drug-likeness (QED) is 0.827. The third-order valence-corrected chi connectivity index (χ3v) is 4.13. The molecule has 0 saturated carbocycles. The van der Waals surface area contributed by atoms with Crippen molar-refractivity contribution in [3.8, 4) is 5.75 Å². The molecule has 0 aliphatic carbocycles. The molecular formula is C16H18F3NO4. The molecule has 0 unspecified atom stereocenters. The molecule has 5 nitrogen and oxygen atoms in total. The lowest BCUT2D eigenvalue weighted by molar-refractivity contribution is -0.301. The molecule has 0 radical (unpaired) electrons. The maximum absolute atomic E-state index is 12.4. The number of amides is 1. The number of hydrogen-bond donors (Lipinski definition) is 0. The molecule has 3 rings (SSSR count). The van der Waals surface area contributed by atoms with Crippen molar-refractivity contribution in [1.29, 1.82) is 0 Å². The van der Waals surface area contributed by atoms with Crippen molar-refractivity contribution in [1.82, 2.24) is 4.90 Å². The Labute approximate surface area is 137 Å². The van der Waals surface area contributed by atoms with Crippen molar-refractivity contribution in [2.75, 3.05) is 26.3 Å². The first-order chi connectivity index (χ1) is 11.1. The Kier molecular flexibility index (Phi) is 4.00. The fourth-order valence-corrected chi connectivity index (χ4v) is 2.81. The molecule has 1 aromatic rings. The van der Waals surface area contributed by atoms with Gasteiger partial charge in [0.15, 0.2) is 5.79 Å². The molecule has 2 aliphatic heterocycles. The van der Waals surface area contributed by atoms with Gasteiger partial charge in [-0.1, -0.05) is 0 Å². The fraction of sp³-hybridized carbons (Fsp3) is 0.562. The average molecular weight is 345 g/mol. The van der Waals surface area contributed by atoms with Crippen LogP contribution in [0.25, 0.3) is 0 Å². The molecule has 8 heteroatoms. The van der Waals surface area contributed by atoms with Gasteiger partial charge in [-0.15, -0.1) is 13.2 Å². The monoisotopic (exact) mass is 345 g/mol. The summed E-state index contributed by atoms with van der Waals surface area (Å²) in [7, 11) is 0. The normalized spacial score (nSPS) is 22.1. The Morgan fingerprint density at radius 3 is 2.17 bits per heavy atom. The molecule has 2 fully saturated rings. The maximum atomic E-state index is 12.4. The molecule has 0 bridgehead atoms. The number of likely N-dealkylation sites (tertiary alicyclic amines) is 1. The molecule has 24 heavy (non-hydrogen) atoms. The number of carbonyl (C=O) groups excluding carboxylic acids is 1. The van der Waals surface area contributed by atoms with Gasteiger partial charge in [-0.2, -0.15) is 0 Å². The highest BCUT2D eigenvalue weighted by atomic mass is 19.4. The minimum absolute atomic E-state index is 0.190. The van der Waals surface area contributed by atoms with Crippen LogP contribution in [0, 0.1) is 5.41 Å². The van der Waals surface area contributed by atoms with Crippen LogP contribution in [0.3, 0.4) is 0 Å². The Morgan fingerprint density at radius 1 is 1.12 bits per heavy atom. The van der Waals surface area contributed by atoms with Crippen molar-refractivity contribution >= 4 is 5.91 Å². The van der Waals surface area contributed by atoms with Crippen LogP contribution in [0.2, 0.25) is 0 Å². The van der Waals surface area contributed by atoms with E-state index in [9.17, 15) is 18.0 Å². The average Bonchev–Trinajstić information content (AvgIpc) is 2.44. The summed E-state index contributed by atoms with van der Waals surface area (Å²) in [6.45, 7) is 5.72. The summed E-state index contributed by atoms with van der Waals surface area (Å²) in [6.07, 6.45) is -4.75. The Balaban J connectivity index is 1.57. The SMILES string of the molecule is CC1(C)OCC2(CO1)CN(C(=O)c1ccc(OC(F)(F)F)cc1)C2. The maximum Gasteiger partial charge on any atom is 0.573 e. The predicted octanol–water partition coefficient (Wildman–Crippen LogP) is 2.81. The largest absolute Gasteiger partial charge is 0.573 e. The summed E-state index contributed by atoms with van der Waals surface area (Å²) in [5.74, 6) is -1.19. The van der Waals surface area contributed by atoms with Crippen LogP contribution in [0.4, 0.5) is 13.2 Å². The number of nitrogens with zero attached hydrogens (tertiary/aromatic N) is 1. The Morgan fingerprint density at radius 2 is 1.67 bits per heavy atom. The summed E-state index contributed by atoms with van der Waals surface area (Å²) in [6, 6.07) is 4.91. The molecule has 0 aromatic heterocycles. The lowest BCUT2D eigenvalue weighted by Gasteiger charge is -2.54. The van der Waals surface area contributed by atoms with E-state index in [1.165, 1.54) is 12.1 Å². The van der Waals surface area contributed by atoms with Crippen molar-refractivity contribution in [2.45, 2.75) is 26.0 Å². The molecule has 1 aromatic carbocycles. The number of ether oxygens (including phenoxy) is 3. The molecule has 2 aliphatic rings. The minimum Gasteiger partial charge on any atom is -0.406 e. The van der Waals surface area contributed by atoms with E-state index >= 15 is 0 Å². The van der Waals surface area contributed by atoms with Gasteiger partial charge in [-0.25, -0.2) is 0 Å². The topological polar surface area (TPSA) is 48.0 Å². The smallest absolute Gasteiger partial charge is 0.406 e. The van der Waals surface area contributed by atoms with Gasteiger partial charge in [0.25, 0.3) is 5.91 Å².